The normalized spacial score (nSPS) is 11.9. The number of halogens is 1. The van der Waals surface area contributed by atoms with Gasteiger partial charge >= 0.3 is 0 Å². The average molecular weight is 320 g/mol. The van der Waals surface area contributed by atoms with Gasteiger partial charge in [0, 0.05) is 23.9 Å². The van der Waals surface area contributed by atoms with Gasteiger partial charge in [0.15, 0.2) is 5.78 Å². The Morgan fingerprint density at radius 3 is 2.53 bits per heavy atom. The zero-order valence-electron chi connectivity index (χ0n) is 10.8. The maximum Gasteiger partial charge on any atom is 0.170 e. The molecule has 1 unspecified atom stereocenters. The van der Waals surface area contributed by atoms with Gasteiger partial charge in [-0.05, 0) is 51.8 Å². The van der Waals surface area contributed by atoms with Crippen molar-refractivity contribution in [3.8, 4) is 5.75 Å². The number of benzene rings is 1. The summed E-state index contributed by atoms with van der Waals surface area (Å²) in [5.74, 6) is 0.603. The Morgan fingerprint density at radius 1 is 1.26 bits per heavy atom. The van der Waals surface area contributed by atoms with Crippen molar-refractivity contribution in [2.45, 2.75) is 12.8 Å². The van der Waals surface area contributed by atoms with Gasteiger partial charge < -0.3 is 4.74 Å². The second-order valence-corrected chi connectivity index (χ2v) is 5.07. The highest BCUT2D eigenvalue weighted by Gasteiger charge is 2.18. The molecule has 98 valence electrons. The number of hydrogen-bond acceptors (Lipinski definition) is 3. The second kappa shape index (κ2) is 5.97. The third-order valence-electron chi connectivity index (χ3n) is 3.04. The van der Waals surface area contributed by atoms with Gasteiger partial charge in [0.1, 0.15) is 5.75 Å². The van der Waals surface area contributed by atoms with Gasteiger partial charge in [-0.15, -0.1) is 0 Å². The van der Waals surface area contributed by atoms with E-state index in [0.717, 1.165) is 10.0 Å². The maximum absolute atomic E-state index is 12.4. The largest absolute Gasteiger partial charge is 0.496 e. The van der Waals surface area contributed by atoms with Crippen LogP contribution in [0.25, 0.3) is 0 Å². The van der Waals surface area contributed by atoms with Crippen molar-refractivity contribution in [1.82, 2.24) is 4.98 Å². The van der Waals surface area contributed by atoms with Gasteiger partial charge in [-0.25, -0.2) is 0 Å². The van der Waals surface area contributed by atoms with Gasteiger partial charge in [0.2, 0.25) is 0 Å². The lowest BCUT2D eigenvalue weighted by Crippen LogP contribution is -2.09. The first-order chi connectivity index (χ1) is 9.13. The SMILES string of the molecule is COc1ccc(C(=O)C(C)c2ccncc2)cc1Br. The molecular weight excluding hydrogens is 306 g/mol. The van der Waals surface area contributed by atoms with E-state index in [1.165, 1.54) is 0 Å². The molecule has 1 heterocycles. The first-order valence-corrected chi connectivity index (χ1v) is 6.70. The number of carbonyl (C=O) groups is 1. The van der Waals surface area contributed by atoms with Crippen LogP contribution in [0.4, 0.5) is 0 Å². The molecule has 2 aromatic rings. The Kier molecular flexibility index (Phi) is 4.32. The number of rotatable bonds is 4. The molecule has 0 bridgehead atoms. The Hall–Kier alpha value is -1.68. The molecule has 0 aliphatic carbocycles. The van der Waals surface area contributed by atoms with Crippen LogP contribution in [0, 0.1) is 0 Å². The number of nitrogens with zero attached hydrogens (tertiary/aromatic N) is 1. The molecule has 1 atom stereocenters. The number of ketones is 1. The molecule has 1 aromatic heterocycles. The van der Waals surface area contributed by atoms with E-state index in [9.17, 15) is 4.79 Å². The van der Waals surface area contributed by atoms with Crippen LogP contribution in [0.3, 0.4) is 0 Å². The molecule has 0 aliphatic heterocycles. The lowest BCUT2D eigenvalue weighted by molar-refractivity contribution is 0.0966. The average Bonchev–Trinajstić information content (AvgIpc) is 2.46. The van der Waals surface area contributed by atoms with Crippen LogP contribution in [0.15, 0.2) is 47.2 Å². The molecule has 0 spiro atoms. The smallest absolute Gasteiger partial charge is 0.170 e. The summed E-state index contributed by atoms with van der Waals surface area (Å²) in [5.41, 5.74) is 1.63. The van der Waals surface area contributed by atoms with Crippen molar-refractivity contribution in [3.63, 3.8) is 0 Å². The zero-order chi connectivity index (χ0) is 13.8. The molecule has 0 radical (unpaired) electrons. The number of methoxy groups -OCH3 is 1. The second-order valence-electron chi connectivity index (χ2n) is 4.22. The number of ether oxygens (including phenoxy) is 1. The fraction of sp³-hybridized carbons (Fsp3) is 0.200. The lowest BCUT2D eigenvalue weighted by Gasteiger charge is -2.12. The highest BCUT2D eigenvalue weighted by molar-refractivity contribution is 9.10. The number of aromatic nitrogens is 1. The van der Waals surface area contributed by atoms with E-state index in [-0.39, 0.29) is 11.7 Å². The summed E-state index contributed by atoms with van der Waals surface area (Å²) in [6, 6.07) is 9.08. The molecule has 0 amide bonds. The molecule has 3 nitrogen and oxygen atoms in total. The Morgan fingerprint density at radius 2 is 1.95 bits per heavy atom. The van der Waals surface area contributed by atoms with E-state index in [1.807, 2.05) is 19.1 Å². The number of hydrogen-bond donors (Lipinski definition) is 0. The summed E-state index contributed by atoms with van der Waals surface area (Å²) >= 11 is 3.39. The molecule has 0 saturated heterocycles. The van der Waals surface area contributed by atoms with E-state index in [0.29, 0.717) is 11.3 Å². The fourth-order valence-electron chi connectivity index (χ4n) is 1.87. The number of pyridine rings is 1. The minimum atomic E-state index is -0.191. The molecule has 0 N–H and O–H groups in total. The highest BCUT2D eigenvalue weighted by atomic mass is 79.9. The van der Waals surface area contributed by atoms with Crippen LogP contribution < -0.4 is 4.74 Å². The standard InChI is InChI=1S/C15H14BrNO2/c1-10(11-5-7-17-8-6-11)15(18)12-3-4-14(19-2)13(16)9-12/h3-10H,1-2H3. The Balaban J connectivity index is 2.27. The molecule has 19 heavy (non-hydrogen) atoms. The van der Waals surface area contributed by atoms with Crippen molar-refractivity contribution >= 4 is 21.7 Å². The monoisotopic (exact) mass is 319 g/mol. The first kappa shape index (κ1) is 13.7. The quantitative estimate of drug-likeness (QED) is 0.804. The Bertz CT molecular complexity index is 584. The number of carbonyl (C=O) groups excluding carboxylic acids is 1. The van der Waals surface area contributed by atoms with E-state index < -0.39 is 0 Å². The molecule has 0 saturated carbocycles. The summed E-state index contributed by atoms with van der Waals surface area (Å²) in [5, 5.41) is 0. The van der Waals surface area contributed by atoms with Crippen LogP contribution in [-0.2, 0) is 0 Å². The van der Waals surface area contributed by atoms with Crippen LogP contribution in [0.5, 0.6) is 5.75 Å². The van der Waals surface area contributed by atoms with Gasteiger partial charge in [-0.1, -0.05) is 6.92 Å². The third kappa shape index (κ3) is 3.01. The minimum absolute atomic E-state index is 0.0783. The van der Waals surface area contributed by atoms with Crippen molar-refractivity contribution < 1.29 is 9.53 Å². The fourth-order valence-corrected chi connectivity index (χ4v) is 2.41. The summed E-state index contributed by atoms with van der Waals surface area (Å²) < 4.78 is 5.94. The minimum Gasteiger partial charge on any atom is -0.496 e. The van der Waals surface area contributed by atoms with Crippen LogP contribution in [-0.4, -0.2) is 17.9 Å². The third-order valence-corrected chi connectivity index (χ3v) is 3.66. The van der Waals surface area contributed by atoms with Gasteiger partial charge in [-0.2, -0.15) is 0 Å². The summed E-state index contributed by atoms with van der Waals surface area (Å²) in [4.78, 5) is 16.4. The van der Waals surface area contributed by atoms with E-state index >= 15 is 0 Å². The van der Waals surface area contributed by atoms with Crippen LogP contribution >= 0.6 is 15.9 Å². The molecule has 2 rings (SSSR count). The molecule has 1 aromatic carbocycles. The van der Waals surface area contributed by atoms with Gasteiger partial charge in [-0.3, -0.25) is 9.78 Å². The number of Topliss-reactive ketones (excluding diaryl/α,β-unsaturated/α-hetero) is 1. The predicted molar refractivity (Wildman–Crippen MR) is 77.7 cm³/mol. The zero-order valence-corrected chi connectivity index (χ0v) is 12.3. The summed E-state index contributed by atoms with van der Waals surface area (Å²) in [7, 11) is 1.60. The summed E-state index contributed by atoms with van der Waals surface area (Å²) in [6.07, 6.45) is 3.39. The van der Waals surface area contributed by atoms with Crippen LogP contribution in [0.1, 0.15) is 28.8 Å². The van der Waals surface area contributed by atoms with E-state index in [1.54, 1.807) is 37.7 Å². The van der Waals surface area contributed by atoms with Crippen molar-refractivity contribution in [3.05, 3.63) is 58.3 Å². The van der Waals surface area contributed by atoms with Crippen molar-refractivity contribution in [1.29, 1.82) is 0 Å². The Labute approximate surface area is 120 Å². The maximum atomic E-state index is 12.4. The molecule has 0 aliphatic rings. The van der Waals surface area contributed by atoms with Crippen molar-refractivity contribution in [2.24, 2.45) is 0 Å². The first-order valence-electron chi connectivity index (χ1n) is 5.91. The van der Waals surface area contributed by atoms with E-state index in [4.69, 9.17) is 4.74 Å². The van der Waals surface area contributed by atoms with Crippen molar-refractivity contribution in [2.75, 3.05) is 7.11 Å². The lowest BCUT2D eigenvalue weighted by atomic mass is 9.93. The predicted octanol–water partition coefficient (Wildman–Crippen LogP) is 3.84. The molecular formula is C15H14BrNO2. The highest BCUT2D eigenvalue weighted by Crippen LogP contribution is 2.28. The molecule has 0 fully saturated rings. The summed E-state index contributed by atoms with van der Waals surface area (Å²) in [6.45, 7) is 1.90. The topological polar surface area (TPSA) is 39.2 Å². The van der Waals surface area contributed by atoms with Crippen LogP contribution in [0.2, 0.25) is 0 Å². The van der Waals surface area contributed by atoms with Gasteiger partial charge in [0.25, 0.3) is 0 Å². The van der Waals surface area contributed by atoms with Gasteiger partial charge in [0.05, 0.1) is 11.6 Å². The molecule has 4 heteroatoms. The van der Waals surface area contributed by atoms with E-state index in [2.05, 4.69) is 20.9 Å².